The van der Waals surface area contributed by atoms with Gasteiger partial charge in [-0.15, -0.1) is 0 Å². The Morgan fingerprint density at radius 1 is 1.19 bits per heavy atom. The molecule has 1 saturated carbocycles. The molecule has 1 atom stereocenters. The molecule has 7 heteroatoms. The molecule has 1 fully saturated rings. The van der Waals surface area contributed by atoms with Gasteiger partial charge in [0.05, 0.1) is 0 Å². The average Bonchev–Trinajstić information content (AvgIpc) is 2.03. The molecule has 0 heterocycles. The van der Waals surface area contributed by atoms with E-state index in [1.165, 1.54) is 0 Å². The lowest BCUT2D eigenvalue weighted by Crippen LogP contribution is -2.42. The summed E-state index contributed by atoms with van der Waals surface area (Å²) in [7, 11) is 0.313. The highest BCUT2D eigenvalue weighted by atomic mass is 35.7. The maximum Gasteiger partial charge on any atom is 0.407 e. The van der Waals surface area contributed by atoms with Crippen LogP contribution in [0.3, 0.4) is 0 Å². The second-order valence-corrected chi connectivity index (χ2v) is 7.21. The molecule has 0 aromatic heterocycles. The van der Waals surface area contributed by atoms with Crippen LogP contribution >= 0.6 is 10.7 Å². The minimum Gasteiger partial charge on any atom is -0.212 e. The van der Waals surface area contributed by atoms with E-state index in [2.05, 4.69) is 0 Å². The zero-order valence-electron chi connectivity index (χ0n) is 8.80. The summed E-state index contributed by atoms with van der Waals surface area (Å²) in [5.41, 5.74) is 0. The van der Waals surface area contributed by atoms with E-state index >= 15 is 0 Å². The largest absolute Gasteiger partial charge is 0.407 e. The maximum atomic E-state index is 12.6. The van der Waals surface area contributed by atoms with Crippen LogP contribution in [-0.4, -0.2) is 19.8 Å². The quantitative estimate of drug-likeness (QED) is 0.726. The lowest BCUT2D eigenvalue weighted by molar-refractivity contribution is -0.142. The Morgan fingerprint density at radius 3 is 1.94 bits per heavy atom. The van der Waals surface area contributed by atoms with Crippen LogP contribution in [0.5, 0.6) is 0 Å². The minimum atomic E-state index is -4.77. The number of hydrogen-bond donors (Lipinski definition) is 0. The molecule has 0 radical (unpaired) electrons. The van der Waals surface area contributed by atoms with Crippen molar-refractivity contribution in [1.29, 1.82) is 0 Å². The van der Waals surface area contributed by atoms with Gasteiger partial charge in [-0.1, -0.05) is 19.8 Å². The van der Waals surface area contributed by atoms with Gasteiger partial charge in [-0.3, -0.25) is 0 Å². The van der Waals surface area contributed by atoms with Crippen molar-refractivity contribution >= 4 is 19.7 Å². The van der Waals surface area contributed by atoms with Crippen molar-refractivity contribution < 1.29 is 21.6 Å². The highest BCUT2D eigenvalue weighted by Gasteiger charge is 2.52. The Morgan fingerprint density at radius 2 is 1.62 bits per heavy atom. The molecule has 0 bridgehead atoms. The standard InChI is InChI=1S/C9H14ClF3O2S/c1-6-2-4-7(5-3-6)8(9(11,12)13)16(10,14)15/h6-8H,2-5H2,1H3. The van der Waals surface area contributed by atoms with Gasteiger partial charge in [-0.25, -0.2) is 8.42 Å². The number of halogens is 4. The third-order valence-corrected chi connectivity index (χ3v) is 4.95. The van der Waals surface area contributed by atoms with Crippen LogP contribution in [0.2, 0.25) is 0 Å². The molecule has 0 N–H and O–H groups in total. The molecule has 16 heavy (non-hydrogen) atoms. The molecule has 1 unspecified atom stereocenters. The Balaban J connectivity index is 2.87. The highest BCUT2D eigenvalue weighted by Crippen LogP contribution is 2.41. The number of alkyl halides is 3. The SMILES string of the molecule is CC1CCC(C(C(F)(F)F)S(=O)(=O)Cl)CC1. The monoisotopic (exact) mass is 278 g/mol. The van der Waals surface area contributed by atoms with Gasteiger partial charge in [0.15, 0.2) is 5.25 Å². The van der Waals surface area contributed by atoms with Gasteiger partial charge in [-0.05, 0) is 24.7 Å². The van der Waals surface area contributed by atoms with E-state index in [1.807, 2.05) is 6.92 Å². The summed E-state index contributed by atoms with van der Waals surface area (Å²) in [5, 5.41) is -2.41. The minimum absolute atomic E-state index is 0.275. The van der Waals surface area contributed by atoms with Gasteiger partial charge in [-0.2, -0.15) is 13.2 Å². The fourth-order valence-electron chi connectivity index (χ4n) is 2.25. The molecule has 1 aliphatic carbocycles. The summed E-state index contributed by atoms with van der Waals surface area (Å²) in [4.78, 5) is 0. The summed E-state index contributed by atoms with van der Waals surface area (Å²) < 4.78 is 59.9. The van der Waals surface area contributed by atoms with Crippen molar-refractivity contribution in [3.63, 3.8) is 0 Å². The van der Waals surface area contributed by atoms with E-state index in [0.29, 0.717) is 18.8 Å². The Hall–Kier alpha value is 0.0300. The van der Waals surface area contributed by atoms with Gasteiger partial charge in [0.1, 0.15) is 0 Å². The van der Waals surface area contributed by atoms with Crippen molar-refractivity contribution in [2.45, 2.75) is 44.0 Å². The normalized spacial score (nSPS) is 30.1. The molecule has 2 nitrogen and oxygen atoms in total. The van der Waals surface area contributed by atoms with Crippen molar-refractivity contribution in [3.05, 3.63) is 0 Å². The van der Waals surface area contributed by atoms with Gasteiger partial charge in [0.25, 0.3) is 0 Å². The van der Waals surface area contributed by atoms with E-state index in [1.54, 1.807) is 0 Å². The fraction of sp³-hybridized carbons (Fsp3) is 1.00. The summed E-state index contributed by atoms with van der Waals surface area (Å²) in [6.45, 7) is 1.95. The van der Waals surface area contributed by atoms with Crippen molar-refractivity contribution in [2.24, 2.45) is 11.8 Å². The molecule has 0 aromatic rings. The van der Waals surface area contributed by atoms with Crippen LogP contribution in [0.25, 0.3) is 0 Å². The first-order chi connectivity index (χ1) is 7.12. The Bertz CT molecular complexity index is 331. The zero-order valence-corrected chi connectivity index (χ0v) is 10.4. The van der Waals surface area contributed by atoms with Crippen LogP contribution in [0.15, 0.2) is 0 Å². The van der Waals surface area contributed by atoms with Gasteiger partial charge < -0.3 is 0 Å². The van der Waals surface area contributed by atoms with Crippen LogP contribution < -0.4 is 0 Å². The number of rotatable bonds is 2. The molecule has 1 aliphatic rings. The highest BCUT2D eigenvalue weighted by molar-refractivity contribution is 8.14. The van der Waals surface area contributed by atoms with Crippen LogP contribution in [0.1, 0.15) is 32.6 Å². The fourth-order valence-corrected chi connectivity index (χ4v) is 4.04. The molecule has 0 aliphatic heterocycles. The molecular formula is C9H14ClF3O2S. The van der Waals surface area contributed by atoms with E-state index in [9.17, 15) is 21.6 Å². The molecule has 96 valence electrons. The smallest absolute Gasteiger partial charge is 0.212 e. The summed E-state index contributed by atoms with van der Waals surface area (Å²) >= 11 is 0. The molecular weight excluding hydrogens is 265 g/mol. The Labute approximate surface area is 97.6 Å². The first-order valence-corrected chi connectivity index (χ1v) is 7.50. The third kappa shape index (κ3) is 3.52. The Kier molecular flexibility index (Phi) is 4.16. The van der Waals surface area contributed by atoms with Crippen LogP contribution in [-0.2, 0) is 9.05 Å². The van der Waals surface area contributed by atoms with Gasteiger partial charge in [0, 0.05) is 10.7 Å². The average molecular weight is 279 g/mol. The number of hydrogen-bond acceptors (Lipinski definition) is 2. The van der Waals surface area contributed by atoms with Crippen molar-refractivity contribution in [2.75, 3.05) is 0 Å². The van der Waals surface area contributed by atoms with Crippen molar-refractivity contribution in [3.8, 4) is 0 Å². The molecule has 0 aromatic carbocycles. The molecule has 0 spiro atoms. The predicted octanol–water partition coefficient (Wildman–Crippen LogP) is 3.31. The first kappa shape index (κ1) is 14.1. The third-order valence-electron chi connectivity index (χ3n) is 3.11. The van der Waals surface area contributed by atoms with Crippen LogP contribution in [0.4, 0.5) is 13.2 Å². The van der Waals surface area contributed by atoms with Gasteiger partial charge >= 0.3 is 6.18 Å². The molecule has 0 saturated heterocycles. The second kappa shape index (κ2) is 4.72. The van der Waals surface area contributed by atoms with Crippen LogP contribution in [0, 0.1) is 11.8 Å². The lowest BCUT2D eigenvalue weighted by Gasteiger charge is -2.31. The topological polar surface area (TPSA) is 34.1 Å². The predicted molar refractivity (Wildman–Crippen MR) is 55.7 cm³/mol. The lowest BCUT2D eigenvalue weighted by atomic mass is 9.81. The molecule has 0 amide bonds. The summed E-state index contributed by atoms with van der Waals surface area (Å²) in [5.74, 6) is -0.526. The maximum absolute atomic E-state index is 12.6. The van der Waals surface area contributed by atoms with E-state index < -0.39 is 26.4 Å². The van der Waals surface area contributed by atoms with E-state index in [4.69, 9.17) is 10.7 Å². The van der Waals surface area contributed by atoms with Crippen molar-refractivity contribution in [1.82, 2.24) is 0 Å². The first-order valence-electron chi connectivity index (χ1n) is 5.12. The van der Waals surface area contributed by atoms with Gasteiger partial charge in [0.2, 0.25) is 9.05 Å². The van der Waals surface area contributed by atoms with E-state index in [0.717, 1.165) is 0 Å². The second-order valence-electron chi connectivity index (χ2n) is 4.46. The zero-order chi connectivity index (χ0) is 12.6. The molecule has 1 rings (SSSR count). The van der Waals surface area contributed by atoms with E-state index in [-0.39, 0.29) is 12.8 Å². The summed E-state index contributed by atoms with van der Waals surface area (Å²) in [6.07, 6.45) is -2.96. The summed E-state index contributed by atoms with van der Waals surface area (Å²) in [6, 6.07) is 0.